The van der Waals surface area contributed by atoms with Crippen molar-refractivity contribution < 1.29 is 9.53 Å². The second kappa shape index (κ2) is 9.77. The van der Waals surface area contributed by atoms with Crippen molar-refractivity contribution in [2.75, 3.05) is 6.61 Å². The van der Waals surface area contributed by atoms with E-state index in [4.69, 9.17) is 10.1 Å². The van der Waals surface area contributed by atoms with E-state index < -0.39 is 5.92 Å². The summed E-state index contributed by atoms with van der Waals surface area (Å²) in [6.45, 7) is 8.34. The maximum absolute atomic E-state index is 12.0. The van der Waals surface area contributed by atoms with Gasteiger partial charge < -0.3 is 15.5 Å². The van der Waals surface area contributed by atoms with Crippen molar-refractivity contribution in [1.29, 1.82) is 5.41 Å². The van der Waals surface area contributed by atoms with Gasteiger partial charge in [-0.25, -0.2) is 0 Å². The molecule has 0 bridgehead atoms. The lowest BCUT2D eigenvalue weighted by molar-refractivity contribution is -0.122. The number of allylic oxidation sites excluding steroid dienone is 4. The molecule has 1 rings (SSSR count). The number of ether oxygens (including phenoxy) is 1. The number of rotatable bonds is 9. The molecular formula is C18H26N2O2. The summed E-state index contributed by atoms with van der Waals surface area (Å²) in [7, 11) is 0. The zero-order valence-corrected chi connectivity index (χ0v) is 13.4. The Labute approximate surface area is 133 Å². The van der Waals surface area contributed by atoms with Gasteiger partial charge in [-0.1, -0.05) is 43.9 Å². The van der Waals surface area contributed by atoms with Crippen LogP contribution in [0.4, 0.5) is 0 Å². The number of hydrogen-bond donors (Lipinski definition) is 2. The average Bonchev–Trinajstić information content (AvgIpc) is 2.54. The maximum Gasteiger partial charge on any atom is 0.232 e. The van der Waals surface area contributed by atoms with Crippen molar-refractivity contribution in [3.8, 4) is 0 Å². The van der Waals surface area contributed by atoms with Crippen LogP contribution in [0.1, 0.15) is 26.7 Å². The highest BCUT2D eigenvalue weighted by molar-refractivity contribution is 5.94. The van der Waals surface area contributed by atoms with Crippen LogP contribution in [0, 0.1) is 17.2 Å². The second-order valence-corrected chi connectivity index (χ2v) is 5.46. The van der Waals surface area contributed by atoms with E-state index >= 15 is 0 Å². The maximum atomic E-state index is 12.0. The van der Waals surface area contributed by atoms with Gasteiger partial charge in [0.1, 0.15) is 5.76 Å². The number of hydrogen-bond acceptors (Lipinski definition) is 3. The van der Waals surface area contributed by atoms with Gasteiger partial charge in [-0.2, -0.15) is 0 Å². The number of carbonyl (C=O) groups is 1. The first-order valence-electron chi connectivity index (χ1n) is 7.71. The Hall–Kier alpha value is -2.10. The van der Waals surface area contributed by atoms with Crippen molar-refractivity contribution >= 4 is 12.1 Å². The van der Waals surface area contributed by atoms with Crippen LogP contribution in [0.15, 0.2) is 48.8 Å². The predicted octanol–water partition coefficient (Wildman–Crippen LogP) is 3.39. The lowest BCUT2D eigenvalue weighted by Gasteiger charge is -2.15. The fraction of sp³-hybridized carbons (Fsp3) is 0.444. The third kappa shape index (κ3) is 6.57. The highest BCUT2D eigenvalue weighted by Crippen LogP contribution is 2.13. The Morgan fingerprint density at radius 2 is 2.32 bits per heavy atom. The molecule has 0 heterocycles. The van der Waals surface area contributed by atoms with E-state index in [-0.39, 0.29) is 11.9 Å². The third-order valence-corrected chi connectivity index (χ3v) is 3.52. The minimum atomic E-state index is -0.591. The Bertz CT molecular complexity index is 477. The summed E-state index contributed by atoms with van der Waals surface area (Å²) < 4.78 is 5.59. The predicted molar refractivity (Wildman–Crippen MR) is 90.8 cm³/mol. The molecule has 1 aliphatic carbocycles. The Kier molecular flexibility index (Phi) is 7.97. The molecule has 3 atom stereocenters. The van der Waals surface area contributed by atoms with Crippen molar-refractivity contribution in [2.24, 2.45) is 11.8 Å². The second-order valence-electron chi connectivity index (χ2n) is 5.46. The lowest BCUT2D eigenvalue weighted by atomic mass is 10.0. The summed E-state index contributed by atoms with van der Waals surface area (Å²) in [5.74, 6) is 0.106. The average molecular weight is 302 g/mol. The molecule has 0 aromatic heterocycles. The third-order valence-electron chi connectivity index (χ3n) is 3.52. The van der Waals surface area contributed by atoms with Gasteiger partial charge >= 0.3 is 0 Å². The van der Waals surface area contributed by atoms with Crippen molar-refractivity contribution in [2.45, 2.75) is 32.7 Å². The van der Waals surface area contributed by atoms with E-state index in [0.29, 0.717) is 18.3 Å². The standard InChI is InChI=1S/C18H26N2O2/c1-4-14(2)20-18(21)17(12-19)11-10-15(3)22-13-16-8-6-5-7-9-16/h5-8,10-12,14,16-17,19H,3-4,9,13H2,1-2H3,(H,20,21)/b11-10-,19-12?. The first kappa shape index (κ1) is 18.0. The molecule has 1 aliphatic rings. The van der Waals surface area contributed by atoms with Crippen LogP contribution in [0.25, 0.3) is 0 Å². The van der Waals surface area contributed by atoms with E-state index in [9.17, 15) is 4.79 Å². The van der Waals surface area contributed by atoms with Crippen LogP contribution in [0.3, 0.4) is 0 Å². The van der Waals surface area contributed by atoms with Crippen LogP contribution in [0.2, 0.25) is 0 Å². The van der Waals surface area contributed by atoms with Crippen LogP contribution in [-0.2, 0) is 9.53 Å². The Morgan fingerprint density at radius 1 is 1.55 bits per heavy atom. The van der Waals surface area contributed by atoms with Crippen LogP contribution < -0.4 is 5.32 Å². The van der Waals surface area contributed by atoms with Crippen molar-refractivity contribution in [3.05, 3.63) is 48.8 Å². The molecule has 1 amide bonds. The molecule has 0 radical (unpaired) electrons. The van der Waals surface area contributed by atoms with E-state index in [1.807, 2.05) is 26.0 Å². The molecule has 22 heavy (non-hydrogen) atoms. The molecule has 0 spiro atoms. The lowest BCUT2D eigenvalue weighted by Crippen LogP contribution is -2.36. The summed E-state index contributed by atoms with van der Waals surface area (Å²) in [5, 5.41) is 10.2. The Balaban J connectivity index is 2.41. The molecule has 0 fully saturated rings. The fourth-order valence-electron chi connectivity index (χ4n) is 1.89. The molecule has 0 aromatic carbocycles. The van der Waals surface area contributed by atoms with Gasteiger partial charge in [0.05, 0.1) is 12.5 Å². The zero-order valence-electron chi connectivity index (χ0n) is 13.4. The monoisotopic (exact) mass is 302 g/mol. The molecule has 2 N–H and O–H groups in total. The fourth-order valence-corrected chi connectivity index (χ4v) is 1.89. The highest BCUT2D eigenvalue weighted by Gasteiger charge is 2.14. The number of amides is 1. The summed E-state index contributed by atoms with van der Waals surface area (Å²) in [6, 6.07) is 0.106. The van der Waals surface area contributed by atoms with Gasteiger partial charge in [-0.05, 0) is 25.8 Å². The van der Waals surface area contributed by atoms with Crippen LogP contribution in [0.5, 0.6) is 0 Å². The molecule has 0 saturated heterocycles. The summed E-state index contributed by atoms with van der Waals surface area (Å²) in [6.07, 6.45) is 14.5. The molecule has 0 saturated carbocycles. The Morgan fingerprint density at radius 3 is 2.91 bits per heavy atom. The summed E-state index contributed by atoms with van der Waals surface area (Å²) in [5.41, 5.74) is 0. The smallest absolute Gasteiger partial charge is 0.232 e. The molecule has 120 valence electrons. The first-order chi connectivity index (χ1) is 10.6. The van der Waals surface area contributed by atoms with Gasteiger partial charge in [-0.3, -0.25) is 4.79 Å². The van der Waals surface area contributed by atoms with Crippen LogP contribution >= 0.6 is 0 Å². The van der Waals surface area contributed by atoms with E-state index in [1.165, 1.54) is 0 Å². The SMILES string of the molecule is C=C(/C=C\C(C=N)C(=O)NC(C)CC)OCC1C=CC=CC1. The largest absolute Gasteiger partial charge is 0.494 e. The normalized spacial score (nSPS) is 19.6. The highest BCUT2D eigenvalue weighted by atomic mass is 16.5. The van der Waals surface area contributed by atoms with Crippen molar-refractivity contribution in [3.63, 3.8) is 0 Å². The molecule has 4 nitrogen and oxygen atoms in total. The zero-order chi connectivity index (χ0) is 16.4. The number of nitrogens with one attached hydrogen (secondary N) is 2. The van der Waals surface area contributed by atoms with Gasteiger partial charge in [0.2, 0.25) is 5.91 Å². The quantitative estimate of drug-likeness (QED) is 0.389. The molecule has 0 aliphatic heterocycles. The van der Waals surface area contributed by atoms with Gasteiger partial charge in [0, 0.05) is 18.2 Å². The molecular weight excluding hydrogens is 276 g/mol. The van der Waals surface area contributed by atoms with Gasteiger partial charge in [-0.15, -0.1) is 0 Å². The van der Waals surface area contributed by atoms with Crippen LogP contribution in [-0.4, -0.2) is 24.8 Å². The minimum Gasteiger partial charge on any atom is -0.494 e. The van der Waals surface area contributed by atoms with Crippen molar-refractivity contribution in [1.82, 2.24) is 5.32 Å². The van der Waals surface area contributed by atoms with Gasteiger partial charge in [0.25, 0.3) is 0 Å². The van der Waals surface area contributed by atoms with Gasteiger partial charge in [0.15, 0.2) is 0 Å². The van der Waals surface area contributed by atoms with E-state index in [1.54, 1.807) is 12.2 Å². The first-order valence-corrected chi connectivity index (χ1v) is 7.71. The van der Waals surface area contributed by atoms with E-state index in [0.717, 1.165) is 19.1 Å². The summed E-state index contributed by atoms with van der Waals surface area (Å²) >= 11 is 0. The molecule has 0 aromatic rings. The van der Waals surface area contributed by atoms with E-state index in [2.05, 4.69) is 24.0 Å². The summed E-state index contributed by atoms with van der Waals surface area (Å²) in [4.78, 5) is 12.0. The number of carbonyl (C=O) groups excluding carboxylic acids is 1. The topological polar surface area (TPSA) is 62.2 Å². The molecule has 3 unspecified atom stereocenters. The molecule has 4 heteroatoms. The minimum absolute atomic E-state index is 0.106.